The quantitative estimate of drug-likeness (QED) is 0.777. The van der Waals surface area contributed by atoms with E-state index >= 15 is 0 Å². The summed E-state index contributed by atoms with van der Waals surface area (Å²) in [4.78, 5) is 0. The molecule has 2 nitrogen and oxygen atoms in total. The molecule has 4 heteroatoms. The summed E-state index contributed by atoms with van der Waals surface area (Å²) in [5, 5.41) is 1.53. The largest absolute Gasteiger partial charge is 0.339 e. The third-order valence-corrected chi connectivity index (χ3v) is 3.84. The molecule has 0 aliphatic heterocycles. The highest BCUT2D eigenvalue weighted by Crippen LogP contribution is 2.25. The van der Waals surface area contributed by atoms with Gasteiger partial charge < -0.3 is 10.3 Å². The molecule has 0 aliphatic rings. The smallest absolute Gasteiger partial charge is 0.129 e. The van der Waals surface area contributed by atoms with Crippen LogP contribution in [-0.2, 0) is 13.1 Å². The van der Waals surface area contributed by atoms with E-state index in [2.05, 4.69) is 0 Å². The lowest BCUT2D eigenvalue weighted by molar-refractivity contribution is 0.599. The van der Waals surface area contributed by atoms with Crippen LogP contribution in [0.15, 0.2) is 48.5 Å². The molecule has 0 spiro atoms. The number of hydrogen-bond donors (Lipinski definition) is 1. The zero-order valence-corrected chi connectivity index (χ0v) is 11.6. The highest BCUT2D eigenvalue weighted by molar-refractivity contribution is 6.31. The summed E-state index contributed by atoms with van der Waals surface area (Å²) in [7, 11) is 0. The molecule has 0 aliphatic carbocycles. The molecule has 3 rings (SSSR count). The molecule has 2 aromatic carbocycles. The number of nitrogens with two attached hydrogens (primary N) is 1. The van der Waals surface area contributed by atoms with Crippen molar-refractivity contribution >= 4 is 22.5 Å². The first kappa shape index (κ1) is 13.2. The van der Waals surface area contributed by atoms with Gasteiger partial charge in [-0.2, -0.15) is 0 Å². The van der Waals surface area contributed by atoms with Crippen LogP contribution >= 0.6 is 11.6 Å². The second kappa shape index (κ2) is 5.27. The van der Waals surface area contributed by atoms with Gasteiger partial charge in [0.2, 0.25) is 0 Å². The Morgan fingerprint density at radius 1 is 1.10 bits per heavy atom. The van der Waals surface area contributed by atoms with Gasteiger partial charge in [-0.15, -0.1) is 0 Å². The number of rotatable bonds is 3. The third-order valence-electron chi connectivity index (χ3n) is 3.48. The van der Waals surface area contributed by atoms with E-state index in [0.717, 1.165) is 16.6 Å². The van der Waals surface area contributed by atoms with Gasteiger partial charge in [0.1, 0.15) is 5.82 Å². The van der Waals surface area contributed by atoms with Gasteiger partial charge in [0.25, 0.3) is 0 Å². The van der Waals surface area contributed by atoms with Gasteiger partial charge in [0, 0.05) is 28.3 Å². The Morgan fingerprint density at radius 2 is 1.90 bits per heavy atom. The normalized spacial score (nSPS) is 11.2. The van der Waals surface area contributed by atoms with Gasteiger partial charge in [-0.05, 0) is 29.7 Å². The van der Waals surface area contributed by atoms with Gasteiger partial charge in [-0.3, -0.25) is 0 Å². The van der Waals surface area contributed by atoms with Gasteiger partial charge in [0.05, 0.1) is 6.54 Å². The van der Waals surface area contributed by atoms with Gasteiger partial charge >= 0.3 is 0 Å². The lowest BCUT2D eigenvalue weighted by Gasteiger charge is -2.12. The van der Waals surface area contributed by atoms with Crippen LogP contribution in [0.4, 0.5) is 4.39 Å². The summed E-state index contributed by atoms with van der Waals surface area (Å²) < 4.78 is 16.0. The van der Waals surface area contributed by atoms with Crippen LogP contribution in [0.25, 0.3) is 10.9 Å². The molecule has 3 aromatic rings. The maximum atomic E-state index is 13.9. The molecule has 0 saturated heterocycles. The van der Waals surface area contributed by atoms with Crippen LogP contribution in [0.3, 0.4) is 0 Å². The lowest BCUT2D eigenvalue weighted by atomic mass is 10.2. The average molecular weight is 289 g/mol. The molecule has 0 saturated carbocycles. The summed E-state index contributed by atoms with van der Waals surface area (Å²) >= 11 is 6.11. The standard InChI is InChI=1S/C16H14ClFN2/c17-14-5-3-6-15(18)13(14)10-20-12(9-19)8-11-4-1-2-7-16(11)20/h1-8H,9-10,19H2. The summed E-state index contributed by atoms with van der Waals surface area (Å²) in [6, 6.07) is 14.7. The molecular formula is C16H14ClFN2. The Kier molecular flexibility index (Phi) is 3.47. The highest BCUT2D eigenvalue weighted by atomic mass is 35.5. The number of fused-ring (bicyclic) bond motifs is 1. The topological polar surface area (TPSA) is 30.9 Å². The SMILES string of the molecule is NCc1cc2ccccc2n1Cc1c(F)cccc1Cl. The first-order chi connectivity index (χ1) is 9.70. The number of aromatic nitrogens is 1. The minimum Gasteiger partial charge on any atom is -0.339 e. The van der Waals surface area contributed by atoms with Crippen molar-refractivity contribution in [2.24, 2.45) is 5.73 Å². The minimum atomic E-state index is -0.293. The van der Waals surface area contributed by atoms with Crippen LogP contribution in [0.1, 0.15) is 11.3 Å². The summed E-state index contributed by atoms with van der Waals surface area (Å²) in [5.74, 6) is -0.293. The van der Waals surface area contributed by atoms with Crippen LogP contribution in [0.2, 0.25) is 5.02 Å². The average Bonchev–Trinajstić information content (AvgIpc) is 2.81. The first-order valence-electron chi connectivity index (χ1n) is 6.41. The van der Waals surface area contributed by atoms with Crippen LogP contribution in [0, 0.1) is 5.82 Å². The van der Waals surface area contributed by atoms with E-state index in [1.54, 1.807) is 12.1 Å². The zero-order chi connectivity index (χ0) is 14.1. The van der Waals surface area contributed by atoms with E-state index in [9.17, 15) is 4.39 Å². The van der Waals surface area contributed by atoms with Crippen molar-refractivity contribution in [1.82, 2.24) is 4.57 Å². The zero-order valence-electron chi connectivity index (χ0n) is 10.8. The molecule has 0 unspecified atom stereocenters. The molecule has 102 valence electrons. The maximum Gasteiger partial charge on any atom is 0.129 e. The molecule has 20 heavy (non-hydrogen) atoms. The maximum absolute atomic E-state index is 13.9. The Balaban J connectivity index is 2.15. The third kappa shape index (κ3) is 2.19. The van der Waals surface area contributed by atoms with E-state index in [-0.39, 0.29) is 5.82 Å². The predicted octanol–water partition coefficient (Wildman–Crippen LogP) is 3.94. The molecule has 0 amide bonds. The highest BCUT2D eigenvalue weighted by Gasteiger charge is 2.12. The van der Waals surface area contributed by atoms with Crippen molar-refractivity contribution in [1.29, 1.82) is 0 Å². The molecule has 0 fully saturated rings. The number of halogens is 2. The Bertz CT molecular complexity index is 744. The van der Waals surface area contributed by atoms with Crippen molar-refractivity contribution in [2.75, 3.05) is 0 Å². The monoisotopic (exact) mass is 288 g/mol. The van der Waals surface area contributed by atoms with Crippen LogP contribution in [-0.4, -0.2) is 4.57 Å². The summed E-state index contributed by atoms with van der Waals surface area (Å²) in [6.07, 6.45) is 0. The van der Waals surface area contributed by atoms with Gasteiger partial charge in [-0.25, -0.2) is 4.39 Å². The molecule has 2 N–H and O–H groups in total. The van der Waals surface area contributed by atoms with Crippen molar-refractivity contribution < 1.29 is 4.39 Å². The van der Waals surface area contributed by atoms with E-state index in [0.29, 0.717) is 23.7 Å². The fourth-order valence-electron chi connectivity index (χ4n) is 2.46. The van der Waals surface area contributed by atoms with E-state index < -0.39 is 0 Å². The number of para-hydroxylation sites is 1. The number of benzene rings is 2. The Morgan fingerprint density at radius 3 is 2.65 bits per heavy atom. The van der Waals surface area contributed by atoms with E-state index in [1.807, 2.05) is 34.9 Å². The number of hydrogen-bond acceptors (Lipinski definition) is 1. The second-order valence-electron chi connectivity index (χ2n) is 4.68. The Labute approximate surface area is 121 Å². The van der Waals surface area contributed by atoms with E-state index in [4.69, 9.17) is 17.3 Å². The molecule has 1 heterocycles. The molecular weight excluding hydrogens is 275 g/mol. The van der Waals surface area contributed by atoms with Crippen LogP contribution in [0.5, 0.6) is 0 Å². The van der Waals surface area contributed by atoms with Crippen molar-refractivity contribution in [3.8, 4) is 0 Å². The first-order valence-corrected chi connectivity index (χ1v) is 6.78. The lowest BCUT2D eigenvalue weighted by Crippen LogP contribution is -2.09. The summed E-state index contributed by atoms with van der Waals surface area (Å²) in [5.41, 5.74) is 8.29. The molecule has 0 bridgehead atoms. The van der Waals surface area contributed by atoms with Gasteiger partial charge in [0.15, 0.2) is 0 Å². The van der Waals surface area contributed by atoms with Crippen molar-refractivity contribution in [3.05, 3.63) is 70.6 Å². The van der Waals surface area contributed by atoms with Gasteiger partial charge in [-0.1, -0.05) is 35.9 Å². The minimum absolute atomic E-state index is 0.293. The van der Waals surface area contributed by atoms with Crippen molar-refractivity contribution in [2.45, 2.75) is 13.1 Å². The number of nitrogens with zero attached hydrogens (tertiary/aromatic N) is 1. The fraction of sp³-hybridized carbons (Fsp3) is 0.125. The summed E-state index contributed by atoms with van der Waals surface area (Å²) in [6.45, 7) is 0.784. The fourth-order valence-corrected chi connectivity index (χ4v) is 2.69. The molecule has 0 radical (unpaired) electrons. The van der Waals surface area contributed by atoms with Crippen molar-refractivity contribution in [3.63, 3.8) is 0 Å². The second-order valence-corrected chi connectivity index (χ2v) is 5.09. The van der Waals surface area contributed by atoms with Crippen LogP contribution < -0.4 is 5.73 Å². The predicted molar refractivity (Wildman–Crippen MR) is 80.3 cm³/mol. The molecule has 1 aromatic heterocycles. The molecule has 0 atom stereocenters. The van der Waals surface area contributed by atoms with E-state index in [1.165, 1.54) is 6.07 Å². The Hall–Kier alpha value is -1.84.